The van der Waals surface area contributed by atoms with Crippen LogP contribution >= 0.6 is 11.3 Å². The molecule has 4 heteroatoms. The number of hydrogen-bond acceptors (Lipinski definition) is 4. The summed E-state index contributed by atoms with van der Waals surface area (Å²) in [4.78, 5) is 4.60. The van der Waals surface area contributed by atoms with E-state index < -0.39 is 0 Å². The summed E-state index contributed by atoms with van der Waals surface area (Å²) in [7, 11) is 0. The number of rotatable bonds is 2. The van der Waals surface area contributed by atoms with Gasteiger partial charge in [0.05, 0.1) is 23.9 Å². The molecule has 2 atom stereocenters. The van der Waals surface area contributed by atoms with Crippen LogP contribution in [0.5, 0.6) is 0 Å². The highest BCUT2D eigenvalue weighted by molar-refractivity contribution is 7.09. The Morgan fingerprint density at radius 3 is 2.86 bits per heavy atom. The molecule has 0 aliphatic carbocycles. The Morgan fingerprint density at radius 1 is 1.57 bits per heavy atom. The number of nitrogens with two attached hydrogens (primary N) is 1. The highest BCUT2D eigenvalue weighted by Crippen LogP contribution is 2.28. The highest BCUT2D eigenvalue weighted by Gasteiger charge is 2.28. The topological polar surface area (TPSA) is 48.1 Å². The Hall–Kier alpha value is -0.450. The van der Waals surface area contributed by atoms with Crippen molar-refractivity contribution in [2.24, 2.45) is 5.73 Å². The lowest BCUT2D eigenvalue weighted by Crippen LogP contribution is -2.27. The van der Waals surface area contributed by atoms with E-state index in [1.54, 1.807) is 11.3 Å². The van der Waals surface area contributed by atoms with Gasteiger partial charge in [0.25, 0.3) is 0 Å². The van der Waals surface area contributed by atoms with E-state index in [1.165, 1.54) is 5.01 Å². The third-order valence-electron chi connectivity index (χ3n) is 2.54. The molecule has 2 rings (SSSR count). The van der Waals surface area contributed by atoms with Crippen molar-refractivity contribution in [3.05, 3.63) is 16.1 Å². The van der Waals surface area contributed by atoms with E-state index in [1.807, 2.05) is 0 Å². The van der Waals surface area contributed by atoms with Crippen LogP contribution < -0.4 is 5.73 Å². The average molecular weight is 212 g/mol. The second-order valence-electron chi connectivity index (χ2n) is 4.07. The van der Waals surface area contributed by atoms with Crippen molar-refractivity contribution in [2.75, 3.05) is 13.2 Å². The molecule has 1 fully saturated rings. The van der Waals surface area contributed by atoms with Gasteiger partial charge in [0.2, 0.25) is 0 Å². The molecule has 0 saturated carbocycles. The average Bonchev–Trinajstić information content (AvgIpc) is 2.71. The van der Waals surface area contributed by atoms with Crippen molar-refractivity contribution < 1.29 is 4.74 Å². The molecule has 1 aromatic rings. The minimum absolute atomic E-state index is 0.122. The van der Waals surface area contributed by atoms with Crippen molar-refractivity contribution in [3.8, 4) is 0 Å². The van der Waals surface area contributed by atoms with Gasteiger partial charge in [0, 0.05) is 23.3 Å². The van der Waals surface area contributed by atoms with Gasteiger partial charge in [-0.25, -0.2) is 4.98 Å². The van der Waals surface area contributed by atoms with Gasteiger partial charge in [0.1, 0.15) is 0 Å². The Bertz CT molecular complexity index is 311. The fraction of sp³-hybridized carbons (Fsp3) is 0.700. The summed E-state index contributed by atoms with van der Waals surface area (Å²) in [6, 6.07) is 0.122. The zero-order chi connectivity index (χ0) is 10.1. The van der Waals surface area contributed by atoms with Crippen molar-refractivity contribution in [1.82, 2.24) is 4.98 Å². The van der Waals surface area contributed by atoms with Gasteiger partial charge in [0.15, 0.2) is 0 Å². The van der Waals surface area contributed by atoms with Crippen LogP contribution in [0.3, 0.4) is 0 Å². The van der Waals surface area contributed by atoms with Crippen molar-refractivity contribution in [1.29, 1.82) is 0 Å². The van der Waals surface area contributed by atoms with Gasteiger partial charge < -0.3 is 10.5 Å². The van der Waals surface area contributed by atoms with E-state index in [9.17, 15) is 0 Å². The zero-order valence-corrected chi connectivity index (χ0v) is 9.38. The molecule has 0 aromatic carbocycles. The van der Waals surface area contributed by atoms with Crippen LogP contribution in [0.15, 0.2) is 5.38 Å². The summed E-state index contributed by atoms with van der Waals surface area (Å²) in [5, 5.41) is 3.31. The summed E-state index contributed by atoms with van der Waals surface area (Å²) < 4.78 is 5.33. The van der Waals surface area contributed by atoms with Gasteiger partial charge in [-0.1, -0.05) is 13.8 Å². The van der Waals surface area contributed by atoms with E-state index in [2.05, 4.69) is 24.2 Å². The fourth-order valence-corrected chi connectivity index (χ4v) is 2.51. The maximum Gasteiger partial charge on any atom is 0.0953 e. The molecule has 1 aliphatic rings. The minimum atomic E-state index is 0.122. The van der Waals surface area contributed by atoms with Crippen LogP contribution in [0.2, 0.25) is 0 Å². The molecule has 3 nitrogen and oxygen atoms in total. The van der Waals surface area contributed by atoms with E-state index in [0.29, 0.717) is 18.4 Å². The largest absolute Gasteiger partial charge is 0.379 e. The fourth-order valence-electron chi connectivity index (χ4n) is 1.61. The smallest absolute Gasteiger partial charge is 0.0953 e. The molecule has 1 aromatic heterocycles. The number of aromatic nitrogens is 1. The molecule has 1 saturated heterocycles. The van der Waals surface area contributed by atoms with Gasteiger partial charge in [-0.2, -0.15) is 0 Å². The molecule has 0 bridgehead atoms. The number of nitrogens with zero attached hydrogens (tertiary/aromatic N) is 1. The van der Waals surface area contributed by atoms with Gasteiger partial charge in [-0.15, -0.1) is 11.3 Å². The van der Waals surface area contributed by atoms with Gasteiger partial charge in [-0.05, 0) is 0 Å². The third kappa shape index (κ3) is 1.82. The normalized spacial score (nSPS) is 27.4. The summed E-state index contributed by atoms with van der Waals surface area (Å²) in [5.74, 6) is 0.811. The second kappa shape index (κ2) is 3.96. The summed E-state index contributed by atoms with van der Waals surface area (Å²) in [5.41, 5.74) is 7.05. The monoisotopic (exact) mass is 212 g/mol. The first-order valence-electron chi connectivity index (χ1n) is 4.97. The first-order valence-corrected chi connectivity index (χ1v) is 5.85. The van der Waals surface area contributed by atoms with E-state index >= 15 is 0 Å². The van der Waals surface area contributed by atoms with Crippen LogP contribution in [0, 0.1) is 0 Å². The molecule has 0 radical (unpaired) electrons. The van der Waals surface area contributed by atoms with Crippen LogP contribution in [0.25, 0.3) is 0 Å². The Labute approximate surface area is 88.3 Å². The zero-order valence-electron chi connectivity index (χ0n) is 8.56. The summed E-state index contributed by atoms with van der Waals surface area (Å²) in [6.07, 6.45) is 0. The number of hydrogen-bond donors (Lipinski definition) is 1. The molecule has 78 valence electrons. The standard InChI is InChI=1S/C10H16N2OS/c1-6(2)10-12-9(5-14-10)7-3-13-4-8(7)11/h5-8H,3-4,11H2,1-2H3. The SMILES string of the molecule is CC(C)c1nc(C2COCC2N)cs1. The minimum Gasteiger partial charge on any atom is -0.379 e. The number of ether oxygens (including phenoxy) is 1. The molecule has 2 N–H and O–H groups in total. The lowest BCUT2D eigenvalue weighted by atomic mass is 10.0. The molecular weight excluding hydrogens is 196 g/mol. The van der Waals surface area contributed by atoms with Crippen molar-refractivity contribution in [3.63, 3.8) is 0 Å². The molecule has 0 amide bonds. The Kier molecular flexibility index (Phi) is 2.85. The quantitative estimate of drug-likeness (QED) is 0.812. The van der Waals surface area contributed by atoms with Crippen molar-refractivity contribution in [2.45, 2.75) is 31.7 Å². The van der Waals surface area contributed by atoms with E-state index in [-0.39, 0.29) is 6.04 Å². The van der Waals surface area contributed by atoms with E-state index in [4.69, 9.17) is 10.5 Å². The summed E-state index contributed by atoms with van der Waals surface area (Å²) in [6.45, 7) is 5.71. The molecule has 1 aliphatic heterocycles. The number of thiazole rings is 1. The van der Waals surface area contributed by atoms with Crippen molar-refractivity contribution >= 4 is 11.3 Å². The predicted molar refractivity (Wildman–Crippen MR) is 57.7 cm³/mol. The van der Waals surface area contributed by atoms with Gasteiger partial charge in [-0.3, -0.25) is 0 Å². The molecule has 0 spiro atoms. The molecular formula is C10H16N2OS. The first kappa shape index (κ1) is 10.1. The van der Waals surface area contributed by atoms with E-state index in [0.717, 1.165) is 12.3 Å². The van der Waals surface area contributed by atoms with Gasteiger partial charge >= 0.3 is 0 Å². The Morgan fingerprint density at radius 2 is 2.36 bits per heavy atom. The Balaban J connectivity index is 2.16. The summed E-state index contributed by atoms with van der Waals surface area (Å²) >= 11 is 1.72. The second-order valence-corrected chi connectivity index (χ2v) is 4.96. The third-order valence-corrected chi connectivity index (χ3v) is 3.70. The molecule has 2 heterocycles. The maximum absolute atomic E-state index is 5.94. The molecule has 2 unspecified atom stereocenters. The first-order chi connectivity index (χ1) is 6.68. The lowest BCUT2D eigenvalue weighted by Gasteiger charge is -2.09. The highest BCUT2D eigenvalue weighted by atomic mass is 32.1. The lowest BCUT2D eigenvalue weighted by molar-refractivity contribution is 0.190. The van der Waals surface area contributed by atoms with Crippen LogP contribution in [0.1, 0.15) is 36.4 Å². The van der Waals surface area contributed by atoms with Crippen LogP contribution in [0.4, 0.5) is 0 Å². The van der Waals surface area contributed by atoms with Crippen LogP contribution in [-0.4, -0.2) is 24.2 Å². The predicted octanol–water partition coefficient (Wildman–Crippen LogP) is 1.71. The van der Waals surface area contributed by atoms with Crippen LogP contribution in [-0.2, 0) is 4.74 Å². The maximum atomic E-state index is 5.94. The molecule has 14 heavy (non-hydrogen) atoms.